The minimum Gasteiger partial charge on any atom is -0.507 e. The number of nitrogens with zero attached hydrogens (tertiary/aromatic N) is 1. The van der Waals surface area contributed by atoms with Crippen LogP contribution in [0.25, 0.3) is 10.8 Å². The summed E-state index contributed by atoms with van der Waals surface area (Å²) in [7, 11) is 0. The summed E-state index contributed by atoms with van der Waals surface area (Å²) >= 11 is 0. The second kappa shape index (κ2) is 9.40. The molecule has 0 heterocycles. The summed E-state index contributed by atoms with van der Waals surface area (Å²) < 4.78 is 0. The quantitative estimate of drug-likeness (QED) is 0.487. The number of nitrogens with one attached hydrogen (secondary N) is 2. The van der Waals surface area contributed by atoms with Gasteiger partial charge in [-0.2, -0.15) is 0 Å². The van der Waals surface area contributed by atoms with Crippen molar-refractivity contribution in [2.24, 2.45) is 0 Å². The van der Waals surface area contributed by atoms with E-state index in [0.717, 1.165) is 35.0 Å². The Bertz CT molecular complexity index is 1150. The van der Waals surface area contributed by atoms with Gasteiger partial charge in [-0.25, -0.2) is 0 Å². The number of aromatic hydroxyl groups is 1. The first-order chi connectivity index (χ1) is 15.4. The third-order valence-electron chi connectivity index (χ3n) is 5.88. The van der Waals surface area contributed by atoms with Gasteiger partial charge in [0.2, 0.25) is 11.8 Å². The predicted octanol–water partition coefficient (Wildman–Crippen LogP) is 4.59. The first-order valence-electron chi connectivity index (χ1n) is 11.0. The summed E-state index contributed by atoms with van der Waals surface area (Å²) in [6.45, 7) is 4.77. The molecular formula is C26H29N3O3. The molecule has 0 saturated heterocycles. The smallest absolute Gasteiger partial charge is 0.238 e. The molecule has 6 nitrogen and oxygen atoms in total. The van der Waals surface area contributed by atoms with Gasteiger partial charge in [-0.3, -0.25) is 14.5 Å². The summed E-state index contributed by atoms with van der Waals surface area (Å²) in [5, 5.41) is 17.5. The Balaban J connectivity index is 1.35. The monoisotopic (exact) mass is 431 g/mol. The number of fused-ring (bicyclic) bond motifs is 1. The molecule has 1 aliphatic rings. The minimum absolute atomic E-state index is 0.0597. The van der Waals surface area contributed by atoms with Crippen LogP contribution in [0.2, 0.25) is 0 Å². The van der Waals surface area contributed by atoms with Crippen molar-refractivity contribution in [2.75, 3.05) is 23.7 Å². The van der Waals surface area contributed by atoms with Crippen molar-refractivity contribution >= 4 is 34.0 Å². The zero-order valence-corrected chi connectivity index (χ0v) is 18.5. The van der Waals surface area contributed by atoms with Crippen LogP contribution in [-0.2, 0) is 9.59 Å². The lowest BCUT2D eigenvalue weighted by atomic mass is 10.1. The number of hydrogen-bond acceptors (Lipinski definition) is 4. The number of anilines is 2. The topological polar surface area (TPSA) is 81.7 Å². The molecule has 6 heteroatoms. The lowest BCUT2D eigenvalue weighted by molar-refractivity contribution is -0.119. The maximum atomic E-state index is 12.7. The van der Waals surface area contributed by atoms with E-state index in [1.807, 2.05) is 56.3 Å². The van der Waals surface area contributed by atoms with Crippen molar-refractivity contribution in [1.29, 1.82) is 0 Å². The Labute approximate surface area is 188 Å². The van der Waals surface area contributed by atoms with E-state index in [2.05, 4.69) is 15.5 Å². The number of amides is 2. The fraction of sp³-hybridized carbons (Fsp3) is 0.308. The summed E-state index contributed by atoms with van der Waals surface area (Å²) in [5.74, 6) is 0.0188. The van der Waals surface area contributed by atoms with Crippen molar-refractivity contribution in [2.45, 2.75) is 39.2 Å². The molecule has 0 radical (unpaired) electrons. The molecule has 0 atom stereocenters. The zero-order chi connectivity index (χ0) is 22.7. The summed E-state index contributed by atoms with van der Waals surface area (Å²) in [5.41, 5.74) is 3.64. The highest BCUT2D eigenvalue weighted by Gasteiger charge is 2.30. The molecule has 4 rings (SSSR count). The second-order valence-corrected chi connectivity index (χ2v) is 8.54. The molecule has 3 N–H and O–H groups in total. The van der Waals surface area contributed by atoms with Crippen molar-refractivity contribution in [3.8, 4) is 5.75 Å². The van der Waals surface area contributed by atoms with Crippen molar-refractivity contribution in [1.82, 2.24) is 4.90 Å². The van der Waals surface area contributed by atoms with Crippen LogP contribution < -0.4 is 10.6 Å². The molecule has 1 fully saturated rings. The summed E-state index contributed by atoms with van der Waals surface area (Å²) in [4.78, 5) is 27.4. The normalized spacial score (nSPS) is 13.3. The lowest BCUT2D eigenvalue weighted by Crippen LogP contribution is -2.37. The highest BCUT2D eigenvalue weighted by Crippen LogP contribution is 2.30. The van der Waals surface area contributed by atoms with Gasteiger partial charge in [0.25, 0.3) is 0 Å². The molecule has 1 saturated carbocycles. The third-order valence-corrected chi connectivity index (χ3v) is 5.88. The zero-order valence-electron chi connectivity index (χ0n) is 18.5. The van der Waals surface area contributed by atoms with E-state index in [4.69, 9.17) is 0 Å². The molecule has 166 valence electrons. The van der Waals surface area contributed by atoms with Gasteiger partial charge in [0.15, 0.2) is 0 Å². The molecule has 3 aromatic carbocycles. The molecule has 1 aliphatic carbocycles. The third kappa shape index (κ3) is 5.26. The molecule has 2 amide bonds. The Morgan fingerprint density at radius 2 is 1.66 bits per heavy atom. The molecule has 0 spiro atoms. The fourth-order valence-electron chi connectivity index (χ4n) is 3.94. The Kier molecular flexibility index (Phi) is 6.42. The SMILES string of the molecule is Cc1ccc(C)c(NC(=O)CN(CCC(=O)Nc2cccc3c(O)cccc23)C2CC2)c1. The predicted molar refractivity (Wildman–Crippen MR) is 128 cm³/mol. The number of phenols is 1. The molecule has 0 unspecified atom stereocenters. The summed E-state index contributed by atoms with van der Waals surface area (Å²) in [6.07, 6.45) is 2.41. The van der Waals surface area contributed by atoms with Crippen LogP contribution in [0.15, 0.2) is 54.6 Å². The van der Waals surface area contributed by atoms with E-state index in [1.165, 1.54) is 0 Å². The van der Waals surface area contributed by atoms with E-state index < -0.39 is 0 Å². The second-order valence-electron chi connectivity index (χ2n) is 8.54. The van der Waals surface area contributed by atoms with Gasteiger partial charge >= 0.3 is 0 Å². The average Bonchev–Trinajstić information content (AvgIpc) is 3.60. The van der Waals surface area contributed by atoms with Gasteiger partial charge in [-0.05, 0) is 56.0 Å². The van der Waals surface area contributed by atoms with E-state index in [9.17, 15) is 14.7 Å². The minimum atomic E-state index is -0.110. The highest BCUT2D eigenvalue weighted by molar-refractivity contribution is 6.04. The van der Waals surface area contributed by atoms with Gasteiger partial charge in [-0.15, -0.1) is 0 Å². The number of hydrogen-bond donors (Lipinski definition) is 3. The van der Waals surface area contributed by atoms with Gasteiger partial charge in [0.05, 0.1) is 6.54 Å². The Morgan fingerprint density at radius 3 is 2.44 bits per heavy atom. The first-order valence-corrected chi connectivity index (χ1v) is 11.0. The first kappa shape index (κ1) is 21.8. The van der Waals surface area contributed by atoms with Crippen LogP contribution in [0.3, 0.4) is 0 Å². The van der Waals surface area contributed by atoms with Crippen molar-refractivity contribution < 1.29 is 14.7 Å². The largest absolute Gasteiger partial charge is 0.507 e. The van der Waals surface area contributed by atoms with Gasteiger partial charge in [0.1, 0.15) is 5.75 Å². The molecular weight excluding hydrogens is 402 g/mol. The van der Waals surface area contributed by atoms with Crippen molar-refractivity contribution in [3.05, 3.63) is 65.7 Å². The van der Waals surface area contributed by atoms with E-state index >= 15 is 0 Å². The number of phenolic OH excluding ortho intramolecular Hbond substituents is 1. The molecule has 0 aliphatic heterocycles. The van der Waals surface area contributed by atoms with Gasteiger partial charge in [-0.1, -0.05) is 36.4 Å². The maximum Gasteiger partial charge on any atom is 0.238 e. The van der Waals surface area contributed by atoms with E-state index in [0.29, 0.717) is 30.1 Å². The van der Waals surface area contributed by atoms with Crippen molar-refractivity contribution in [3.63, 3.8) is 0 Å². The van der Waals surface area contributed by atoms with Crippen LogP contribution in [0.1, 0.15) is 30.4 Å². The number of aryl methyl sites for hydroxylation is 2. The standard InChI is InChI=1S/C26H29N3O3/c1-17-9-10-18(2)23(15-17)28-26(32)16-29(19-11-12-19)14-13-25(31)27-22-7-3-6-21-20(22)5-4-8-24(21)30/h3-10,15,19,30H,11-14,16H2,1-2H3,(H,27,31)(H,28,32). The van der Waals surface area contributed by atoms with E-state index in [1.54, 1.807) is 12.1 Å². The molecule has 0 bridgehead atoms. The molecule has 32 heavy (non-hydrogen) atoms. The van der Waals surface area contributed by atoms with Crippen LogP contribution in [0, 0.1) is 13.8 Å². The van der Waals surface area contributed by atoms with Gasteiger partial charge < -0.3 is 15.7 Å². The summed E-state index contributed by atoms with van der Waals surface area (Å²) in [6, 6.07) is 17.1. The van der Waals surface area contributed by atoms with Gasteiger partial charge in [0, 0.05) is 41.2 Å². The Morgan fingerprint density at radius 1 is 0.938 bits per heavy atom. The number of rotatable bonds is 8. The lowest BCUT2D eigenvalue weighted by Gasteiger charge is -2.21. The number of carbonyl (C=O) groups excluding carboxylic acids is 2. The highest BCUT2D eigenvalue weighted by atomic mass is 16.3. The Hall–Kier alpha value is -3.38. The van der Waals surface area contributed by atoms with E-state index in [-0.39, 0.29) is 24.1 Å². The van der Waals surface area contributed by atoms with Crippen LogP contribution >= 0.6 is 0 Å². The number of carbonyl (C=O) groups is 2. The maximum absolute atomic E-state index is 12.7. The van der Waals surface area contributed by atoms with Crippen LogP contribution in [0.4, 0.5) is 11.4 Å². The molecule has 3 aromatic rings. The average molecular weight is 432 g/mol. The van der Waals surface area contributed by atoms with Crippen LogP contribution in [0.5, 0.6) is 5.75 Å². The number of benzene rings is 3. The fourth-order valence-corrected chi connectivity index (χ4v) is 3.94. The molecule has 0 aromatic heterocycles. The van der Waals surface area contributed by atoms with Crippen LogP contribution in [-0.4, -0.2) is 41.0 Å².